The molecule has 0 saturated carbocycles. The Balaban J connectivity index is 1.53. The number of sulfone groups is 1. The molecule has 1 aliphatic heterocycles. The fourth-order valence-corrected chi connectivity index (χ4v) is 4.67. The summed E-state index contributed by atoms with van der Waals surface area (Å²) in [6, 6.07) is 14.2. The monoisotopic (exact) mass is 417 g/mol. The molecular formula is C21H27N3O4S. The predicted molar refractivity (Wildman–Crippen MR) is 113 cm³/mol. The first kappa shape index (κ1) is 21.0. The van der Waals surface area contributed by atoms with Gasteiger partial charge in [-0.3, -0.25) is 4.99 Å². The van der Waals surface area contributed by atoms with Crippen molar-refractivity contribution in [2.24, 2.45) is 4.99 Å². The summed E-state index contributed by atoms with van der Waals surface area (Å²) in [7, 11) is -1.69. The lowest BCUT2D eigenvalue weighted by Crippen LogP contribution is -2.46. The van der Waals surface area contributed by atoms with Gasteiger partial charge in [0.1, 0.15) is 0 Å². The van der Waals surface area contributed by atoms with Gasteiger partial charge in [0.2, 0.25) is 6.79 Å². The molecule has 0 amide bonds. The molecule has 0 bridgehead atoms. The summed E-state index contributed by atoms with van der Waals surface area (Å²) in [6.45, 7) is 2.87. The number of nitrogens with one attached hydrogen (secondary N) is 2. The SMILES string of the molecule is CCC(CS(=O)(=O)c1ccccc1)NC(=NC)NCCc1ccc2c(c1)OCO2. The molecule has 0 spiro atoms. The minimum absolute atomic E-state index is 0.0103. The molecule has 0 saturated heterocycles. The van der Waals surface area contributed by atoms with Gasteiger partial charge < -0.3 is 20.1 Å². The summed E-state index contributed by atoms with van der Waals surface area (Å²) >= 11 is 0. The van der Waals surface area contributed by atoms with Crippen LogP contribution in [-0.2, 0) is 16.3 Å². The van der Waals surface area contributed by atoms with Gasteiger partial charge in [0, 0.05) is 19.6 Å². The Kier molecular flexibility index (Phi) is 6.98. The van der Waals surface area contributed by atoms with Gasteiger partial charge in [-0.25, -0.2) is 8.42 Å². The number of aliphatic imine (C=N–C) groups is 1. The molecule has 1 atom stereocenters. The number of nitrogens with zero attached hydrogens (tertiary/aromatic N) is 1. The van der Waals surface area contributed by atoms with Crippen molar-refractivity contribution in [1.82, 2.24) is 10.6 Å². The predicted octanol–water partition coefficient (Wildman–Crippen LogP) is 2.38. The minimum atomic E-state index is -3.37. The van der Waals surface area contributed by atoms with Gasteiger partial charge in [-0.2, -0.15) is 0 Å². The first-order valence-corrected chi connectivity index (χ1v) is 11.3. The number of rotatable bonds is 8. The number of hydrogen-bond acceptors (Lipinski definition) is 5. The summed E-state index contributed by atoms with van der Waals surface area (Å²) in [4.78, 5) is 4.56. The van der Waals surface area contributed by atoms with E-state index in [1.54, 1.807) is 37.4 Å². The van der Waals surface area contributed by atoms with Crippen LogP contribution in [0.1, 0.15) is 18.9 Å². The van der Waals surface area contributed by atoms with Gasteiger partial charge in [0.15, 0.2) is 27.3 Å². The number of ether oxygens (including phenoxy) is 2. The van der Waals surface area contributed by atoms with E-state index in [4.69, 9.17) is 9.47 Å². The van der Waals surface area contributed by atoms with Crippen LogP contribution in [-0.4, -0.2) is 46.6 Å². The molecule has 2 aromatic carbocycles. The number of hydrogen-bond donors (Lipinski definition) is 2. The van der Waals surface area contributed by atoms with E-state index < -0.39 is 9.84 Å². The van der Waals surface area contributed by atoms with Crippen molar-refractivity contribution >= 4 is 15.8 Å². The first-order chi connectivity index (χ1) is 14.0. The molecule has 1 unspecified atom stereocenters. The van der Waals surface area contributed by atoms with E-state index in [2.05, 4.69) is 15.6 Å². The Morgan fingerprint density at radius 1 is 1.14 bits per heavy atom. The van der Waals surface area contributed by atoms with Crippen LogP contribution in [0.25, 0.3) is 0 Å². The minimum Gasteiger partial charge on any atom is -0.454 e. The van der Waals surface area contributed by atoms with Crippen molar-refractivity contribution in [3.05, 3.63) is 54.1 Å². The second kappa shape index (κ2) is 9.65. The molecule has 29 heavy (non-hydrogen) atoms. The lowest BCUT2D eigenvalue weighted by atomic mass is 10.1. The van der Waals surface area contributed by atoms with Gasteiger partial charge >= 0.3 is 0 Å². The van der Waals surface area contributed by atoms with Crippen molar-refractivity contribution in [2.75, 3.05) is 26.1 Å². The summed E-state index contributed by atoms with van der Waals surface area (Å²) in [5.41, 5.74) is 1.12. The van der Waals surface area contributed by atoms with Crippen LogP contribution in [0.5, 0.6) is 11.5 Å². The van der Waals surface area contributed by atoms with Crippen LogP contribution in [0.2, 0.25) is 0 Å². The van der Waals surface area contributed by atoms with Gasteiger partial charge in [0.05, 0.1) is 10.6 Å². The molecule has 0 fully saturated rings. The molecular weight excluding hydrogens is 390 g/mol. The van der Waals surface area contributed by atoms with Gasteiger partial charge in [-0.15, -0.1) is 0 Å². The molecule has 1 aliphatic rings. The van der Waals surface area contributed by atoms with Crippen LogP contribution in [0.15, 0.2) is 58.4 Å². The zero-order chi connectivity index (χ0) is 20.7. The van der Waals surface area contributed by atoms with Crippen molar-refractivity contribution in [3.8, 4) is 11.5 Å². The molecule has 7 nitrogen and oxygen atoms in total. The third kappa shape index (κ3) is 5.63. The molecule has 2 aromatic rings. The number of fused-ring (bicyclic) bond motifs is 1. The molecule has 3 rings (SSSR count). The maximum Gasteiger partial charge on any atom is 0.231 e. The zero-order valence-electron chi connectivity index (χ0n) is 16.7. The Morgan fingerprint density at radius 2 is 1.90 bits per heavy atom. The van der Waals surface area contributed by atoms with Crippen molar-refractivity contribution < 1.29 is 17.9 Å². The lowest BCUT2D eigenvalue weighted by Gasteiger charge is -2.20. The highest BCUT2D eigenvalue weighted by Crippen LogP contribution is 2.32. The largest absolute Gasteiger partial charge is 0.454 e. The second-order valence-corrected chi connectivity index (χ2v) is 8.81. The van der Waals surface area contributed by atoms with Crippen molar-refractivity contribution in [2.45, 2.75) is 30.7 Å². The number of guanidine groups is 1. The summed E-state index contributed by atoms with van der Waals surface area (Å²) in [5, 5.41) is 6.47. The van der Waals surface area contributed by atoms with Crippen molar-refractivity contribution in [3.63, 3.8) is 0 Å². The second-order valence-electron chi connectivity index (χ2n) is 6.78. The lowest BCUT2D eigenvalue weighted by molar-refractivity contribution is 0.174. The standard InChI is InChI=1S/C21H27N3O4S/c1-3-17(14-29(25,26)18-7-5-4-6-8-18)24-21(22-2)23-12-11-16-9-10-19-20(13-16)28-15-27-19/h4-10,13,17H,3,11-12,14-15H2,1-2H3,(H2,22,23,24). The van der Waals surface area contributed by atoms with E-state index in [0.717, 1.165) is 23.5 Å². The smallest absolute Gasteiger partial charge is 0.231 e. The summed E-state index contributed by atoms with van der Waals surface area (Å²) < 4.78 is 36.0. The molecule has 8 heteroatoms. The molecule has 1 heterocycles. The fraction of sp³-hybridized carbons (Fsp3) is 0.381. The van der Waals surface area contributed by atoms with Crippen LogP contribution in [0.3, 0.4) is 0 Å². The van der Waals surface area contributed by atoms with E-state index in [1.807, 2.05) is 25.1 Å². The van der Waals surface area contributed by atoms with Gasteiger partial charge in [0.25, 0.3) is 0 Å². The molecule has 0 aliphatic carbocycles. The third-order valence-electron chi connectivity index (χ3n) is 4.72. The number of benzene rings is 2. The maximum absolute atomic E-state index is 12.6. The molecule has 156 valence electrons. The highest BCUT2D eigenvalue weighted by atomic mass is 32.2. The Labute approximate surface area is 172 Å². The Bertz CT molecular complexity index is 946. The summed E-state index contributed by atoms with van der Waals surface area (Å²) in [5.74, 6) is 2.13. The average Bonchev–Trinajstić information content (AvgIpc) is 3.20. The molecule has 2 N–H and O–H groups in total. The van der Waals surface area contributed by atoms with E-state index in [1.165, 1.54) is 0 Å². The average molecular weight is 418 g/mol. The van der Waals surface area contributed by atoms with Crippen LogP contribution in [0, 0.1) is 0 Å². The van der Waals surface area contributed by atoms with Gasteiger partial charge in [-0.1, -0.05) is 31.2 Å². The Morgan fingerprint density at radius 3 is 2.62 bits per heavy atom. The van der Waals surface area contributed by atoms with Crippen molar-refractivity contribution in [1.29, 1.82) is 0 Å². The topological polar surface area (TPSA) is 89.0 Å². The Hall–Kier alpha value is -2.74. The van der Waals surface area contributed by atoms with Crippen LogP contribution < -0.4 is 20.1 Å². The molecule has 0 aromatic heterocycles. The quantitative estimate of drug-likeness (QED) is 0.506. The highest BCUT2D eigenvalue weighted by molar-refractivity contribution is 7.91. The van der Waals surface area contributed by atoms with E-state index in [9.17, 15) is 8.42 Å². The summed E-state index contributed by atoms with van der Waals surface area (Å²) in [6.07, 6.45) is 1.44. The van der Waals surface area contributed by atoms with E-state index in [0.29, 0.717) is 23.8 Å². The van der Waals surface area contributed by atoms with E-state index in [-0.39, 0.29) is 18.6 Å². The molecule has 0 radical (unpaired) electrons. The third-order valence-corrected chi connectivity index (χ3v) is 6.55. The fourth-order valence-electron chi connectivity index (χ4n) is 3.06. The van der Waals surface area contributed by atoms with Crippen LogP contribution >= 0.6 is 0 Å². The normalized spacial score (nSPS) is 14.5. The maximum atomic E-state index is 12.6. The highest BCUT2D eigenvalue weighted by Gasteiger charge is 2.21. The zero-order valence-corrected chi connectivity index (χ0v) is 17.5. The van der Waals surface area contributed by atoms with E-state index >= 15 is 0 Å². The van der Waals surface area contributed by atoms with Gasteiger partial charge in [-0.05, 0) is 42.7 Å². The van der Waals surface area contributed by atoms with Crippen LogP contribution in [0.4, 0.5) is 0 Å². The first-order valence-electron chi connectivity index (χ1n) is 9.65.